The minimum absolute atomic E-state index is 0.0117. The Balaban J connectivity index is 2.21. The Bertz CT molecular complexity index is 693. The summed E-state index contributed by atoms with van der Waals surface area (Å²) >= 11 is 0. The molecule has 0 heterocycles. The van der Waals surface area contributed by atoms with Crippen LogP contribution in [0.2, 0.25) is 0 Å². The fraction of sp³-hybridized carbons (Fsp3) is 0.188. The van der Waals surface area contributed by atoms with Crippen molar-refractivity contribution in [3.05, 3.63) is 64.7 Å². The second kappa shape index (κ2) is 6.33. The largest absolute Gasteiger partial charge is 0.489 e. The van der Waals surface area contributed by atoms with E-state index in [0.29, 0.717) is 16.9 Å². The van der Waals surface area contributed by atoms with Crippen molar-refractivity contribution in [3.63, 3.8) is 0 Å². The Labute approximate surface area is 121 Å². The Morgan fingerprint density at radius 2 is 1.95 bits per heavy atom. The average molecular weight is 289 g/mol. The first kappa shape index (κ1) is 14.9. The minimum atomic E-state index is -0.891. The molecule has 21 heavy (non-hydrogen) atoms. The zero-order chi connectivity index (χ0) is 15.4. The number of nitriles is 1. The van der Waals surface area contributed by atoms with Crippen LogP contribution in [-0.2, 0) is 6.61 Å². The lowest BCUT2D eigenvalue weighted by Gasteiger charge is -2.13. The standard InChI is InChI=1S/C16H13F2NO2/c1-10(20)15-7-13(17)2-3-16(15)21-9-12-4-11(8-19)5-14(18)6-12/h2-7,10,20H,9H2,1H3. The van der Waals surface area contributed by atoms with Gasteiger partial charge in [-0.3, -0.25) is 0 Å². The lowest BCUT2D eigenvalue weighted by molar-refractivity contribution is 0.189. The zero-order valence-corrected chi connectivity index (χ0v) is 11.3. The van der Waals surface area contributed by atoms with Gasteiger partial charge in [0.2, 0.25) is 0 Å². The molecule has 0 aliphatic carbocycles. The van der Waals surface area contributed by atoms with E-state index in [1.54, 1.807) is 0 Å². The predicted octanol–water partition coefficient (Wildman–Crippen LogP) is 3.47. The van der Waals surface area contributed by atoms with Crippen LogP contribution in [0.4, 0.5) is 8.78 Å². The molecule has 1 N–H and O–H groups in total. The summed E-state index contributed by atoms with van der Waals surface area (Å²) in [6.45, 7) is 1.51. The summed E-state index contributed by atoms with van der Waals surface area (Å²) in [6, 6.07) is 9.56. The molecule has 0 aliphatic rings. The monoisotopic (exact) mass is 289 g/mol. The van der Waals surface area contributed by atoms with E-state index in [1.165, 1.54) is 37.3 Å². The molecular formula is C16H13F2NO2. The lowest BCUT2D eigenvalue weighted by Crippen LogP contribution is -2.02. The van der Waals surface area contributed by atoms with Crippen molar-refractivity contribution in [3.8, 4) is 11.8 Å². The highest BCUT2D eigenvalue weighted by Crippen LogP contribution is 2.26. The second-order valence-corrected chi connectivity index (χ2v) is 4.61. The quantitative estimate of drug-likeness (QED) is 0.937. The minimum Gasteiger partial charge on any atom is -0.489 e. The van der Waals surface area contributed by atoms with Gasteiger partial charge in [0.1, 0.15) is 24.0 Å². The van der Waals surface area contributed by atoms with Gasteiger partial charge in [0.25, 0.3) is 0 Å². The maximum Gasteiger partial charge on any atom is 0.125 e. The van der Waals surface area contributed by atoms with Gasteiger partial charge in [0.05, 0.1) is 17.7 Å². The number of rotatable bonds is 4. The molecule has 0 saturated carbocycles. The van der Waals surface area contributed by atoms with Crippen LogP contribution in [0.1, 0.15) is 29.7 Å². The van der Waals surface area contributed by atoms with Gasteiger partial charge in [-0.15, -0.1) is 0 Å². The van der Waals surface area contributed by atoms with Crippen molar-refractivity contribution in [1.82, 2.24) is 0 Å². The Morgan fingerprint density at radius 3 is 2.62 bits per heavy atom. The summed E-state index contributed by atoms with van der Waals surface area (Å²) in [7, 11) is 0. The van der Waals surface area contributed by atoms with E-state index in [1.807, 2.05) is 6.07 Å². The second-order valence-electron chi connectivity index (χ2n) is 4.61. The van der Waals surface area contributed by atoms with E-state index in [9.17, 15) is 13.9 Å². The Kier molecular flexibility index (Phi) is 4.51. The van der Waals surface area contributed by atoms with Crippen molar-refractivity contribution in [2.45, 2.75) is 19.6 Å². The molecule has 3 nitrogen and oxygen atoms in total. The molecule has 108 valence electrons. The van der Waals surface area contributed by atoms with Crippen molar-refractivity contribution < 1.29 is 18.6 Å². The van der Waals surface area contributed by atoms with E-state index in [-0.39, 0.29) is 12.2 Å². The summed E-state index contributed by atoms with van der Waals surface area (Å²) in [5.41, 5.74) is 0.989. The molecule has 0 spiro atoms. The molecular weight excluding hydrogens is 276 g/mol. The maximum atomic E-state index is 13.3. The van der Waals surface area contributed by atoms with E-state index in [4.69, 9.17) is 10.00 Å². The normalized spacial score (nSPS) is 11.8. The SMILES string of the molecule is CC(O)c1cc(F)ccc1OCc1cc(F)cc(C#N)c1. The van der Waals surface area contributed by atoms with Gasteiger partial charge in [-0.2, -0.15) is 5.26 Å². The molecule has 0 aliphatic heterocycles. The third-order valence-corrected chi connectivity index (χ3v) is 2.90. The van der Waals surface area contributed by atoms with Crippen molar-refractivity contribution in [2.75, 3.05) is 0 Å². The summed E-state index contributed by atoms with van der Waals surface area (Å²) in [5, 5.41) is 18.4. The van der Waals surface area contributed by atoms with Gasteiger partial charge in [0.15, 0.2) is 0 Å². The van der Waals surface area contributed by atoms with Gasteiger partial charge in [0, 0.05) is 5.56 Å². The Hall–Kier alpha value is -2.45. The summed E-state index contributed by atoms with van der Waals surface area (Å²) in [5.74, 6) is -0.688. The van der Waals surface area contributed by atoms with Crippen LogP contribution < -0.4 is 4.74 Å². The Morgan fingerprint density at radius 1 is 1.19 bits per heavy atom. The number of hydrogen-bond donors (Lipinski definition) is 1. The van der Waals surface area contributed by atoms with Gasteiger partial charge in [-0.25, -0.2) is 8.78 Å². The van der Waals surface area contributed by atoms with Gasteiger partial charge in [-0.1, -0.05) is 0 Å². The molecule has 5 heteroatoms. The number of halogens is 2. The first-order valence-corrected chi connectivity index (χ1v) is 6.29. The smallest absolute Gasteiger partial charge is 0.125 e. The molecule has 2 rings (SSSR count). The molecule has 0 aromatic heterocycles. The summed E-state index contributed by atoms with van der Waals surface area (Å²) in [6.07, 6.45) is -0.891. The van der Waals surface area contributed by atoms with E-state index in [0.717, 1.165) is 6.07 Å². The maximum absolute atomic E-state index is 13.3. The number of ether oxygens (including phenoxy) is 1. The zero-order valence-electron chi connectivity index (χ0n) is 11.3. The van der Waals surface area contributed by atoms with Crippen molar-refractivity contribution in [1.29, 1.82) is 5.26 Å². The average Bonchev–Trinajstić information content (AvgIpc) is 2.45. The highest BCUT2D eigenvalue weighted by atomic mass is 19.1. The van der Waals surface area contributed by atoms with Gasteiger partial charge in [-0.05, 0) is 48.9 Å². The first-order chi connectivity index (χ1) is 9.99. The molecule has 1 atom stereocenters. The molecule has 2 aromatic carbocycles. The van der Waals surface area contributed by atoms with Gasteiger partial charge >= 0.3 is 0 Å². The first-order valence-electron chi connectivity index (χ1n) is 6.29. The van der Waals surface area contributed by atoms with Crippen molar-refractivity contribution in [2.24, 2.45) is 0 Å². The lowest BCUT2D eigenvalue weighted by atomic mass is 10.1. The van der Waals surface area contributed by atoms with Gasteiger partial charge < -0.3 is 9.84 Å². The highest BCUT2D eigenvalue weighted by Gasteiger charge is 2.11. The molecule has 2 aromatic rings. The number of aliphatic hydroxyl groups excluding tert-OH is 1. The summed E-state index contributed by atoms with van der Waals surface area (Å²) in [4.78, 5) is 0. The van der Waals surface area contributed by atoms with Crippen LogP contribution in [0.15, 0.2) is 36.4 Å². The van der Waals surface area contributed by atoms with Crippen LogP contribution in [0.3, 0.4) is 0 Å². The number of benzene rings is 2. The van der Waals surface area contributed by atoms with Crippen LogP contribution in [0, 0.1) is 23.0 Å². The molecule has 0 fully saturated rings. The van der Waals surface area contributed by atoms with Crippen molar-refractivity contribution >= 4 is 0 Å². The highest BCUT2D eigenvalue weighted by molar-refractivity contribution is 5.37. The van der Waals surface area contributed by atoms with E-state index in [2.05, 4.69) is 0 Å². The molecule has 0 bridgehead atoms. The third kappa shape index (κ3) is 3.77. The van der Waals surface area contributed by atoms with E-state index >= 15 is 0 Å². The molecule has 1 unspecified atom stereocenters. The third-order valence-electron chi connectivity index (χ3n) is 2.90. The summed E-state index contributed by atoms with van der Waals surface area (Å²) < 4.78 is 32.0. The fourth-order valence-corrected chi connectivity index (χ4v) is 1.94. The number of hydrogen-bond acceptors (Lipinski definition) is 3. The van der Waals surface area contributed by atoms with Crippen LogP contribution in [-0.4, -0.2) is 5.11 Å². The van der Waals surface area contributed by atoms with Crippen LogP contribution in [0.25, 0.3) is 0 Å². The van der Waals surface area contributed by atoms with Crippen LogP contribution in [0.5, 0.6) is 5.75 Å². The topological polar surface area (TPSA) is 53.2 Å². The molecule has 0 radical (unpaired) electrons. The predicted molar refractivity (Wildman–Crippen MR) is 72.5 cm³/mol. The van der Waals surface area contributed by atoms with E-state index < -0.39 is 17.7 Å². The molecule has 0 amide bonds. The fourth-order valence-electron chi connectivity index (χ4n) is 1.94. The number of aliphatic hydroxyl groups is 1. The van der Waals surface area contributed by atoms with Crippen LogP contribution >= 0.6 is 0 Å². The molecule has 0 saturated heterocycles. The number of nitrogens with zero attached hydrogens (tertiary/aromatic N) is 1.